The molecular formula is C40H86ClN. The minimum absolute atomic E-state index is 0. The lowest BCUT2D eigenvalue weighted by Gasteiger charge is -2.05. The van der Waals surface area contributed by atoms with Crippen LogP contribution in [0.25, 0.3) is 0 Å². The summed E-state index contributed by atoms with van der Waals surface area (Å²) in [6, 6.07) is 0. The Morgan fingerprint density at radius 2 is 0.238 bits per heavy atom. The SMILES string of the molecule is CCCCCCCCCCCCCCCCCCCCCCCCCCCCCCCCCCCCCCCC.Cl.N. The second-order valence-electron chi connectivity index (χ2n) is 13.7. The Balaban J connectivity index is -0.00000760. The molecule has 0 amide bonds. The molecule has 0 heterocycles. The third-order valence-corrected chi connectivity index (χ3v) is 9.46. The summed E-state index contributed by atoms with van der Waals surface area (Å²) in [7, 11) is 0. The number of halogens is 1. The fourth-order valence-corrected chi connectivity index (χ4v) is 6.51. The number of rotatable bonds is 37. The monoisotopic (exact) mass is 616 g/mol. The predicted octanol–water partition coefficient (Wildman–Crippen LogP) is 16.4. The molecule has 0 aliphatic rings. The van der Waals surface area contributed by atoms with Crippen LogP contribution in [0, 0.1) is 0 Å². The topological polar surface area (TPSA) is 35.0 Å². The molecule has 0 unspecified atom stereocenters. The molecule has 0 atom stereocenters. The zero-order chi connectivity index (χ0) is 28.9. The van der Waals surface area contributed by atoms with Crippen LogP contribution in [-0.4, -0.2) is 0 Å². The average molecular weight is 617 g/mol. The molecule has 0 spiro atoms. The minimum Gasteiger partial charge on any atom is -0.344 e. The molecule has 0 aromatic carbocycles. The first-order valence-corrected chi connectivity index (χ1v) is 19.9. The molecule has 0 rings (SSSR count). The van der Waals surface area contributed by atoms with Gasteiger partial charge in [-0.05, 0) is 0 Å². The summed E-state index contributed by atoms with van der Waals surface area (Å²) >= 11 is 0. The van der Waals surface area contributed by atoms with Crippen LogP contribution >= 0.6 is 12.4 Å². The molecule has 3 N–H and O–H groups in total. The molecule has 0 saturated carbocycles. The normalized spacial score (nSPS) is 11.0. The highest BCUT2D eigenvalue weighted by molar-refractivity contribution is 5.85. The molecule has 258 valence electrons. The predicted molar refractivity (Wildman–Crippen MR) is 199 cm³/mol. The van der Waals surface area contributed by atoms with Gasteiger partial charge in [-0.1, -0.05) is 258 Å². The molecule has 0 bridgehead atoms. The van der Waals surface area contributed by atoms with Crippen LogP contribution in [0.2, 0.25) is 0 Å². The summed E-state index contributed by atoms with van der Waals surface area (Å²) in [6.07, 6.45) is 56.4. The van der Waals surface area contributed by atoms with Gasteiger partial charge in [-0.2, -0.15) is 0 Å². The molecule has 0 aliphatic carbocycles. The van der Waals surface area contributed by atoms with Crippen molar-refractivity contribution in [3.8, 4) is 0 Å². The fourth-order valence-electron chi connectivity index (χ4n) is 6.51. The third kappa shape index (κ3) is 44.7. The van der Waals surface area contributed by atoms with Crippen LogP contribution < -0.4 is 6.15 Å². The van der Waals surface area contributed by atoms with Gasteiger partial charge >= 0.3 is 0 Å². The van der Waals surface area contributed by atoms with Crippen molar-refractivity contribution in [1.82, 2.24) is 6.15 Å². The number of hydrogen-bond acceptors (Lipinski definition) is 1. The second-order valence-corrected chi connectivity index (χ2v) is 13.7. The zero-order valence-corrected chi connectivity index (χ0v) is 30.8. The Bertz CT molecular complexity index is 374. The van der Waals surface area contributed by atoms with Crippen molar-refractivity contribution in [3.63, 3.8) is 0 Å². The van der Waals surface area contributed by atoms with E-state index in [0.717, 1.165) is 0 Å². The molecule has 42 heavy (non-hydrogen) atoms. The van der Waals surface area contributed by atoms with Crippen molar-refractivity contribution >= 4 is 12.4 Å². The summed E-state index contributed by atoms with van der Waals surface area (Å²) < 4.78 is 0. The van der Waals surface area contributed by atoms with Crippen molar-refractivity contribution in [1.29, 1.82) is 0 Å². The fraction of sp³-hybridized carbons (Fsp3) is 1.00. The molecular weight excluding hydrogens is 530 g/mol. The first kappa shape index (κ1) is 46.7. The van der Waals surface area contributed by atoms with Gasteiger partial charge in [-0.3, -0.25) is 0 Å². The molecule has 2 heteroatoms. The van der Waals surface area contributed by atoms with Crippen molar-refractivity contribution in [2.24, 2.45) is 0 Å². The second kappa shape index (κ2) is 45.7. The lowest BCUT2D eigenvalue weighted by Crippen LogP contribution is -1.85. The summed E-state index contributed by atoms with van der Waals surface area (Å²) in [5.41, 5.74) is 0. The summed E-state index contributed by atoms with van der Waals surface area (Å²) in [4.78, 5) is 0. The van der Waals surface area contributed by atoms with Crippen LogP contribution in [0.4, 0.5) is 0 Å². The van der Waals surface area contributed by atoms with E-state index in [4.69, 9.17) is 0 Å². The van der Waals surface area contributed by atoms with Crippen LogP contribution in [0.1, 0.15) is 258 Å². The van der Waals surface area contributed by atoms with Crippen molar-refractivity contribution in [3.05, 3.63) is 0 Å². The van der Waals surface area contributed by atoms with E-state index < -0.39 is 0 Å². The quantitative estimate of drug-likeness (QED) is 0.0693. The summed E-state index contributed by atoms with van der Waals surface area (Å²) in [5, 5.41) is 0. The van der Waals surface area contributed by atoms with Crippen LogP contribution in [0.15, 0.2) is 0 Å². The maximum Gasteiger partial charge on any atom is -0.0533 e. The molecule has 0 saturated heterocycles. The Hall–Kier alpha value is 0.250. The van der Waals surface area contributed by atoms with Gasteiger partial charge < -0.3 is 6.15 Å². The number of hydrogen-bond donors (Lipinski definition) is 1. The molecule has 0 aromatic heterocycles. The highest BCUT2D eigenvalue weighted by Crippen LogP contribution is 2.17. The van der Waals surface area contributed by atoms with E-state index in [2.05, 4.69) is 13.8 Å². The standard InChI is InChI=1S/C40H82.ClH.H3N/c1-3-5-7-9-11-13-15-17-19-21-23-25-27-29-31-33-35-37-39-40-38-36-34-32-30-28-26-24-22-20-18-16-14-12-10-8-6-4-2;;/h3-40H2,1-2H3;1H;1H3. The molecule has 0 radical (unpaired) electrons. The maximum absolute atomic E-state index is 2.31. The smallest absolute Gasteiger partial charge is 0.0533 e. The first-order chi connectivity index (χ1) is 19.9. The Kier molecular flexibility index (Phi) is 50.8. The zero-order valence-electron chi connectivity index (χ0n) is 30.0. The van der Waals surface area contributed by atoms with E-state index in [1.54, 1.807) is 0 Å². The molecule has 0 aromatic rings. The van der Waals surface area contributed by atoms with E-state index in [0.29, 0.717) is 0 Å². The minimum atomic E-state index is 0. The van der Waals surface area contributed by atoms with Gasteiger partial charge in [0.05, 0.1) is 0 Å². The van der Waals surface area contributed by atoms with E-state index >= 15 is 0 Å². The lowest BCUT2D eigenvalue weighted by molar-refractivity contribution is 0.510. The van der Waals surface area contributed by atoms with Crippen molar-refractivity contribution in [2.75, 3.05) is 0 Å². The van der Waals surface area contributed by atoms with Gasteiger partial charge in [0.15, 0.2) is 0 Å². The highest BCUT2D eigenvalue weighted by atomic mass is 35.5. The molecule has 0 aliphatic heterocycles. The maximum atomic E-state index is 2.31. The van der Waals surface area contributed by atoms with E-state index in [9.17, 15) is 0 Å². The van der Waals surface area contributed by atoms with Crippen molar-refractivity contribution in [2.45, 2.75) is 258 Å². The highest BCUT2D eigenvalue weighted by Gasteiger charge is 1.97. The van der Waals surface area contributed by atoms with Crippen LogP contribution in [0.5, 0.6) is 0 Å². The summed E-state index contributed by atoms with van der Waals surface area (Å²) in [5.74, 6) is 0. The van der Waals surface area contributed by atoms with Gasteiger partial charge in [0.1, 0.15) is 0 Å². The third-order valence-electron chi connectivity index (χ3n) is 9.46. The van der Waals surface area contributed by atoms with Gasteiger partial charge in [0, 0.05) is 0 Å². The van der Waals surface area contributed by atoms with Gasteiger partial charge in [-0.25, -0.2) is 0 Å². The summed E-state index contributed by atoms with van der Waals surface area (Å²) in [6.45, 7) is 4.62. The largest absolute Gasteiger partial charge is 0.344 e. The van der Waals surface area contributed by atoms with Gasteiger partial charge in [0.2, 0.25) is 0 Å². The Labute approximate surface area is 275 Å². The van der Waals surface area contributed by atoms with Gasteiger partial charge in [-0.15, -0.1) is 12.4 Å². The van der Waals surface area contributed by atoms with Crippen molar-refractivity contribution < 1.29 is 0 Å². The van der Waals surface area contributed by atoms with E-state index in [-0.39, 0.29) is 18.6 Å². The van der Waals surface area contributed by atoms with Crippen LogP contribution in [-0.2, 0) is 0 Å². The average Bonchev–Trinajstić information content (AvgIpc) is 2.97. The van der Waals surface area contributed by atoms with E-state index in [1.165, 1.54) is 244 Å². The lowest BCUT2D eigenvalue weighted by atomic mass is 10.0. The van der Waals surface area contributed by atoms with E-state index in [1.807, 2.05) is 0 Å². The van der Waals surface area contributed by atoms with Gasteiger partial charge in [0.25, 0.3) is 0 Å². The number of unbranched alkanes of at least 4 members (excludes halogenated alkanes) is 37. The Morgan fingerprint density at radius 1 is 0.167 bits per heavy atom. The molecule has 1 nitrogen and oxygen atoms in total. The molecule has 0 fully saturated rings. The Morgan fingerprint density at radius 3 is 0.310 bits per heavy atom. The first-order valence-electron chi connectivity index (χ1n) is 19.9. The van der Waals surface area contributed by atoms with Crippen LogP contribution in [0.3, 0.4) is 0 Å².